The van der Waals surface area contributed by atoms with Crippen LogP contribution in [0.2, 0.25) is 39.3 Å². The van der Waals surface area contributed by atoms with Gasteiger partial charge in [-0.3, -0.25) is 0 Å². The molecule has 4 rings (SSSR count). The van der Waals surface area contributed by atoms with Crippen molar-refractivity contribution in [3.8, 4) is 0 Å². The number of fused-ring (bicyclic) bond motifs is 5. The fraction of sp³-hybridized carbons (Fsp3) is 0.879. The number of hydrogen-bond donors (Lipinski definition) is 0. The SMILES string of the molecule is CC(C)CCCC(C)C1CCC2C3C(CC[C@]12C)[C@@]1(C)CC=C(O[Si](C)(C)C)C=C1C[C@H]3O[Si](C)(C)C. The molecule has 0 heterocycles. The Hall–Kier alpha value is -0.326. The Morgan fingerprint density at radius 1 is 0.919 bits per heavy atom. The molecule has 0 bridgehead atoms. The molecule has 0 aromatic heterocycles. The van der Waals surface area contributed by atoms with E-state index >= 15 is 0 Å². The lowest BCUT2D eigenvalue weighted by molar-refractivity contribution is -0.104. The highest BCUT2D eigenvalue weighted by atomic mass is 28.4. The van der Waals surface area contributed by atoms with Gasteiger partial charge in [-0.25, -0.2) is 0 Å². The lowest BCUT2D eigenvalue weighted by Crippen LogP contribution is -2.57. The average Bonchev–Trinajstić information content (AvgIpc) is 3.09. The van der Waals surface area contributed by atoms with Crippen LogP contribution in [0.15, 0.2) is 23.5 Å². The zero-order valence-corrected chi connectivity index (χ0v) is 28.4. The first-order valence-corrected chi connectivity index (χ1v) is 22.6. The van der Waals surface area contributed by atoms with Crippen molar-refractivity contribution in [2.45, 2.75) is 138 Å². The predicted molar refractivity (Wildman–Crippen MR) is 165 cm³/mol. The third-order valence-corrected chi connectivity index (χ3v) is 12.8. The largest absolute Gasteiger partial charge is 0.545 e. The molecular weight excluding hydrogens is 485 g/mol. The summed E-state index contributed by atoms with van der Waals surface area (Å²) in [4.78, 5) is 0. The van der Waals surface area contributed by atoms with Gasteiger partial charge in [0.05, 0.1) is 11.9 Å². The van der Waals surface area contributed by atoms with Gasteiger partial charge in [0.25, 0.3) is 0 Å². The molecule has 5 unspecified atom stereocenters. The summed E-state index contributed by atoms with van der Waals surface area (Å²) < 4.78 is 13.7. The van der Waals surface area contributed by atoms with E-state index in [4.69, 9.17) is 8.85 Å². The molecule has 0 aromatic carbocycles. The smallest absolute Gasteiger partial charge is 0.242 e. The zero-order valence-electron chi connectivity index (χ0n) is 26.4. The van der Waals surface area contributed by atoms with Gasteiger partial charge in [-0.1, -0.05) is 59.5 Å². The first kappa shape index (κ1) is 29.7. The van der Waals surface area contributed by atoms with Crippen molar-refractivity contribution in [2.75, 3.05) is 0 Å². The highest BCUT2D eigenvalue weighted by Gasteiger charge is 2.62. The van der Waals surface area contributed by atoms with Crippen molar-refractivity contribution in [1.82, 2.24) is 0 Å². The van der Waals surface area contributed by atoms with Gasteiger partial charge in [-0.05, 0) is 136 Å². The first-order chi connectivity index (χ1) is 17.0. The second-order valence-corrected chi connectivity index (χ2v) is 25.3. The number of hydrogen-bond acceptors (Lipinski definition) is 2. The topological polar surface area (TPSA) is 18.5 Å². The van der Waals surface area contributed by atoms with E-state index in [1.54, 1.807) is 5.57 Å². The molecule has 4 heteroatoms. The maximum Gasteiger partial charge on any atom is 0.242 e. The molecule has 8 atom stereocenters. The minimum Gasteiger partial charge on any atom is -0.545 e. The molecule has 0 amide bonds. The van der Waals surface area contributed by atoms with E-state index in [1.165, 1.54) is 44.9 Å². The fourth-order valence-corrected chi connectivity index (χ4v) is 11.4. The van der Waals surface area contributed by atoms with Crippen LogP contribution in [0.25, 0.3) is 0 Å². The molecule has 0 spiro atoms. The van der Waals surface area contributed by atoms with Crippen molar-refractivity contribution in [1.29, 1.82) is 0 Å². The second-order valence-electron chi connectivity index (χ2n) is 16.4. The lowest BCUT2D eigenvalue weighted by atomic mass is 9.46. The van der Waals surface area contributed by atoms with E-state index in [0.29, 0.717) is 17.4 Å². The molecular formula is C33H60O2Si2. The van der Waals surface area contributed by atoms with Crippen LogP contribution in [0, 0.1) is 46.3 Å². The summed E-state index contributed by atoms with van der Waals surface area (Å²) >= 11 is 0. The van der Waals surface area contributed by atoms with Crippen molar-refractivity contribution >= 4 is 16.6 Å². The molecule has 212 valence electrons. The van der Waals surface area contributed by atoms with Crippen LogP contribution in [0.3, 0.4) is 0 Å². The van der Waals surface area contributed by atoms with Crippen LogP contribution < -0.4 is 0 Å². The van der Waals surface area contributed by atoms with Crippen molar-refractivity contribution < 1.29 is 8.85 Å². The summed E-state index contributed by atoms with van der Waals surface area (Å²) in [5.74, 6) is 6.02. The van der Waals surface area contributed by atoms with Gasteiger partial charge in [0.15, 0.2) is 8.32 Å². The van der Waals surface area contributed by atoms with E-state index in [9.17, 15) is 0 Å². The monoisotopic (exact) mass is 544 g/mol. The Kier molecular flexibility index (Phi) is 8.48. The highest BCUT2D eigenvalue weighted by molar-refractivity contribution is 6.70. The lowest BCUT2D eigenvalue weighted by Gasteiger charge is -2.61. The average molecular weight is 545 g/mol. The molecule has 37 heavy (non-hydrogen) atoms. The maximum atomic E-state index is 7.16. The highest BCUT2D eigenvalue weighted by Crippen LogP contribution is 2.68. The zero-order chi connectivity index (χ0) is 27.4. The minimum absolute atomic E-state index is 0.276. The first-order valence-electron chi connectivity index (χ1n) is 15.8. The van der Waals surface area contributed by atoms with Crippen LogP contribution in [-0.2, 0) is 8.85 Å². The summed E-state index contributed by atoms with van der Waals surface area (Å²) in [5.41, 5.74) is 2.40. The Morgan fingerprint density at radius 3 is 2.24 bits per heavy atom. The van der Waals surface area contributed by atoms with Gasteiger partial charge in [0.1, 0.15) is 0 Å². The van der Waals surface area contributed by atoms with E-state index in [1.807, 2.05) is 0 Å². The van der Waals surface area contributed by atoms with Crippen molar-refractivity contribution in [3.05, 3.63) is 23.5 Å². The third kappa shape index (κ3) is 6.22. The van der Waals surface area contributed by atoms with Gasteiger partial charge >= 0.3 is 0 Å². The molecule has 0 aliphatic heterocycles. The van der Waals surface area contributed by atoms with Gasteiger partial charge in [-0.15, -0.1) is 0 Å². The summed E-state index contributed by atoms with van der Waals surface area (Å²) in [6.45, 7) is 26.8. The fourth-order valence-electron chi connectivity index (χ4n) is 9.35. The molecule has 4 aliphatic rings. The summed E-state index contributed by atoms with van der Waals surface area (Å²) in [6.07, 6.45) is 17.5. The number of allylic oxidation sites excluding steroid dienone is 2. The molecule has 2 nitrogen and oxygen atoms in total. The molecule has 0 saturated heterocycles. The quantitative estimate of drug-likeness (QED) is 0.269. The Bertz CT molecular complexity index is 878. The predicted octanol–water partition coefficient (Wildman–Crippen LogP) is 10.2. The van der Waals surface area contributed by atoms with Crippen LogP contribution in [-0.4, -0.2) is 22.7 Å². The maximum absolute atomic E-state index is 7.16. The molecule has 0 aromatic rings. The van der Waals surface area contributed by atoms with Crippen molar-refractivity contribution in [2.24, 2.45) is 46.3 Å². The van der Waals surface area contributed by atoms with E-state index < -0.39 is 16.6 Å². The molecule has 3 fully saturated rings. The van der Waals surface area contributed by atoms with Gasteiger partial charge in [0, 0.05) is 0 Å². The molecule has 4 aliphatic carbocycles. The van der Waals surface area contributed by atoms with E-state index in [2.05, 4.69) is 86.1 Å². The normalized spacial score (nSPS) is 38.9. The molecule has 0 radical (unpaired) electrons. The molecule has 3 saturated carbocycles. The van der Waals surface area contributed by atoms with Crippen LogP contribution in [0.1, 0.15) is 92.4 Å². The van der Waals surface area contributed by atoms with E-state index in [-0.39, 0.29) is 5.41 Å². The summed E-state index contributed by atoms with van der Waals surface area (Å²) in [7, 11) is -3.27. The van der Waals surface area contributed by atoms with E-state index in [0.717, 1.165) is 48.2 Å². The van der Waals surface area contributed by atoms with Crippen LogP contribution in [0.4, 0.5) is 0 Å². The van der Waals surface area contributed by atoms with Crippen LogP contribution >= 0.6 is 0 Å². The van der Waals surface area contributed by atoms with Gasteiger partial charge in [-0.2, -0.15) is 0 Å². The van der Waals surface area contributed by atoms with Gasteiger partial charge < -0.3 is 8.85 Å². The van der Waals surface area contributed by atoms with Gasteiger partial charge in [0.2, 0.25) is 8.32 Å². The third-order valence-electron chi connectivity index (χ3n) is 10.9. The molecule has 0 N–H and O–H groups in total. The number of rotatable bonds is 9. The Balaban J connectivity index is 1.61. The summed E-state index contributed by atoms with van der Waals surface area (Å²) in [6, 6.07) is 0. The minimum atomic E-state index is -1.66. The Labute approximate surface area is 232 Å². The Morgan fingerprint density at radius 2 is 1.62 bits per heavy atom. The summed E-state index contributed by atoms with van der Waals surface area (Å²) in [5, 5.41) is 0. The standard InChI is InChI=1S/C33H60O2Si2/c1-23(2)13-12-14-24(3)27-15-16-28-31-29(18-20-33(27,28)5)32(4)19-17-26(34-36(6,7)8)21-25(32)22-30(31)35-37(9,10)11/h17,21,23-24,27-31H,12-16,18-20,22H2,1-11H3/t24?,27?,28?,29?,30-,31?,32+,33-/m1/s1. The second kappa shape index (κ2) is 10.6. The van der Waals surface area contributed by atoms with Crippen LogP contribution in [0.5, 0.6) is 0 Å². The van der Waals surface area contributed by atoms with Crippen molar-refractivity contribution in [3.63, 3.8) is 0 Å².